The first-order chi connectivity index (χ1) is 9.56. The highest BCUT2D eigenvalue weighted by molar-refractivity contribution is 5.74. The molecule has 112 valence electrons. The molecule has 8 nitrogen and oxygen atoms in total. The smallest absolute Gasteiger partial charge is 0.325 e. The minimum Gasteiger partial charge on any atom is -0.480 e. The second kappa shape index (κ2) is 8.13. The van der Waals surface area contributed by atoms with E-state index in [0.717, 1.165) is 19.4 Å². The van der Waals surface area contributed by atoms with E-state index >= 15 is 0 Å². The number of nitrogens with zero attached hydrogens (tertiary/aromatic N) is 4. The number of rotatable bonds is 8. The quantitative estimate of drug-likeness (QED) is 0.731. The number of urea groups is 1. The zero-order valence-corrected chi connectivity index (χ0v) is 11.9. The minimum atomic E-state index is -0.984. The molecule has 1 heterocycles. The van der Waals surface area contributed by atoms with E-state index in [4.69, 9.17) is 5.11 Å². The fourth-order valence-electron chi connectivity index (χ4n) is 1.67. The van der Waals surface area contributed by atoms with Crippen molar-refractivity contribution in [3.05, 3.63) is 11.9 Å². The molecule has 0 atom stereocenters. The zero-order chi connectivity index (χ0) is 15.0. The molecule has 0 spiro atoms. The van der Waals surface area contributed by atoms with Crippen molar-refractivity contribution in [1.29, 1.82) is 0 Å². The lowest BCUT2D eigenvalue weighted by Gasteiger charge is -2.20. The van der Waals surface area contributed by atoms with Crippen LogP contribution in [0.5, 0.6) is 0 Å². The van der Waals surface area contributed by atoms with Gasteiger partial charge < -0.3 is 15.3 Å². The van der Waals surface area contributed by atoms with Gasteiger partial charge >= 0.3 is 12.0 Å². The van der Waals surface area contributed by atoms with Crippen LogP contribution in [-0.2, 0) is 17.9 Å². The van der Waals surface area contributed by atoms with Gasteiger partial charge in [-0.3, -0.25) is 4.79 Å². The van der Waals surface area contributed by atoms with Crippen LogP contribution in [0.3, 0.4) is 0 Å². The van der Waals surface area contributed by atoms with Crippen LogP contribution in [-0.4, -0.2) is 50.1 Å². The number of unbranched alkanes of at least 4 members (excludes halogenated alkanes) is 1. The average Bonchev–Trinajstić information content (AvgIpc) is 2.84. The van der Waals surface area contributed by atoms with Crippen molar-refractivity contribution in [1.82, 2.24) is 25.2 Å². The van der Waals surface area contributed by atoms with Gasteiger partial charge in [-0.15, -0.1) is 5.10 Å². The summed E-state index contributed by atoms with van der Waals surface area (Å²) in [4.78, 5) is 24.1. The van der Waals surface area contributed by atoms with Crippen molar-refractivity contribution in [3.8, 4) is 0 Å². The van der Waals surface area contributed by atoms with Gasteiger partial charge in [0.05, 0.1) is 12.7 Å². The topological polar surface area (TPSA) is 100 Å². The lowest BCUT2D eigenvalue weighted by Crippen LogP contribution is -2.40. The molecular weight excluding hydrogens is 262 g/mol. The van der Waals surface area contributed by atoms with Crippen LogP contribution in [0.4, 0.5) is 4.79 Å². The van der Waals surface area contributed by atoms with Gasteiger partial charge in [0.25, 0.3) is 0 Å². The number of amides is 2. The number of hydrogen-bond acceptors (Lipinski definition) is 4. The molecule has 2 amide bonds. The summed E-state index contributed by atoms with van der Waals surface area (Å²) in [6.07, 6.45) is 3.51. The van der Waals surface area contributed by atoms with E-state index in [9.17, 15) is 9.59 Å². The number of aromatic nitrogens is 3. The van der Waals surface area contributed by atoms with E-state index < -0.39 is 5.97 Å². The molecule has 0 aliphatic heterocycles. The maximum atomic E-state index is 11.9. The molecule has 1 aromatic heterocycles. The molecule has 0 saturated carbocycles. The second-order valence-corrected chi connectivity index (χ2v) is 4.39. The summed E-state index contributed by atoms with van der Waals surface area (Å²) < 4.78 is 1.22. The van der Waals surface area contributed by atoms with Crippen LogP contribution >= 0.6 is 0 Å². The molecule has 20 heavy (non-hydrogen) atoms. The van der Waals surface area contributed by atoms with Crippen molar-refractivity contribution in [3.63, 3.8) is 0 Å². The number of nitrogens with one attached hydrogen (secondary N) is 1. The largest absolute Gasteiger partial charge is 0.480 e. The number of aliphatic carboxylic acids is 1. The molecule has 0 saturated heterocycles. The summed E-state index contributed by atoms with van der Waals surface area (Å²) in [5, 5.41) is 18.8. The molecule has 0 aliphatic carbocycles. The molecule has 0 aromatic carbocycles. The minimum absolute atomic E-state index is 0.145. The van der Waals surface area contributed by atoms with E-state index in [1.54, 1.807) is 4.90 Å². The molecule has 2 N–H and O–H groups in total. The van der Waals surface area contributed by atoms with Gasteiger partial charge in [0.2, 0.25) is 0 Å². The molecule has 1 rings (SSSR count). The van der Waals surface area contributed by atoms with E-state index in [-0.39, 0.29) is 19.1 Å². The Kier molecular flexibility index (Phi) is 6.48. The van der Waals surface area contributed by atoms with Crippen molar-refractivity contribution < 1.29 is 14.7 Å². The second-order valence-electron chi connectivity index (χ2n) is 4.39. The monoisotopic (exact) mass is 283 g/mol. The first-order valence-electron chi connectivity index (χ1n) is 6.70. The van der Waals surface area contributed by atoms with Crippen LogP contribution in [0.15, 0.2) is 6.20 Å². The fourth-order valence-corrected chi connectivity index (χ4v) is 1.67. The lowest BCUT2D eigenvalue weighted by atomic mass is 10.3. The average molecular weight is 283 g/mol. The van der Waals surface area contributed by atoms with E-state index in [1.165, 1.54) is 10.9 Å². The highest BCUT2D eigenvalue weighted by Gasteiger charge is 2.11. The van der Waals surface area contributed by atoms with E-state index in [0.29, 0.717) is 12.2 Å². The Morgan fingerprint density at radius 1 is 1.45 bits per heavy atom. The van der Waals surface area contributed by atoms with Gasteiger partial charge in [-0.1, -0.05) is 18.6 Å². The summed E-state index contributed by atoms with van der Waals surface area (Å²) in [6.45, 7) is 5.38. The van der Waals surface area contributed by atoms with Crippen LogP contribution in [0, 0.1) is 0 Å². The third-order valence-electron chi connectivity index (χ3n) is 2.75. The summed E-state index contributed by atoms with van der Waals surface area (Å²) >= 11 is 0. The molecule has 0 unspecified atom stereocenters. The van der Waals surface area contributed by atoms with E-state index in [2.05, 4.69) is 22.6 Å². The predicted molar refractivity (Wildman–Crippen MR) is 72.0 cm³/mol. The Labute approximate surface area is 117 Å². The lowest BCUT2D eigenvalue weighted by molar-refractivity contribution is -0.137. The molecule has 0 aliphatic rings. The van der Waals surface area contributed by atoms with Gasteiger partial charge in [-0.25, -0.2) is 9.48 Å². The van der Waals surface area contributed by atoms with Crippen molar-refractivity contribution in [2.45, 2.75) is 39.8 Å². The van der Waals surface area contributed by atoms with Gasteiger partial charge in [0.15, 0.2) is 0 Å². The maximum absolute atomic E-state index is 11.9. The number of carbonyl (C=O) groups is 2. The number of hydrogen-bond donors (Lipinski definition) is 2. The molecule has 8 heteroatoms. The summed E-state index contributed by atoms with van der Waals surface area (Å²) in [6, 6.07) is -0.145. The van der Waals surface area contributed by atoms with Crippen LogP contribution in [0.2, 0.25) is 0 Å². The molecule has 0 bridgehead atoms. The van der Waals surface area contributed by atoms with Gasteiger partial charge in [-0.05, 0) is 13.3 Å². The van der Waals surface area contributed by atoms with Crippen molar-refractivity contribution >= 4 is 12.0 Å². The molecular formula is C12H21N5O3. The summed E-state index contributed by atoms with van der Waals surface area (Å²) in [5.74, 6) is -0.984. The normalized spacial score (nSPS) is 10.3. The Balaban J connectivity index is 2.43. The van der Waals surface area contributed by atoms with Crippen LogP contribution in [0.1, 0.15) is 32.4 Å². The van der Waals surface area contributed by atoms with Crippen molar-refractivity contribution in [2.75, 3.05) is 13.1 Å². The number of carbonyl (C=O) groups excluding carboxylic acids is 1. The third kappa shape index (κ3) is 5.25. The van der Waals surface area contributed by atoms with Crippen LogP contribution in [0.25, 0.3) is 0 Å². The maximum Gasteiger partial charge on any atom is 0.325 e. The van der Waals surface area contributed by atoms with Crippen LogP contribution < -0.4 is 5.32 Å². The molecule has 0 radical (unpaired) electrons. The zero-order valence-electron chi connectivity index (χ0n) is 11.9. The van der Waals surface area contributed by atoms with Crippen molar-refractivity contribution in [2.24, 2.45) is 0 Å². The first kappa shape index (κ1) is 15.9. The number of carboxylic acids is 1. The predicted octanol–water partition coefficient (Wildman–Crippen LogP) is 0.694. The standard InChI is InChI=1S/C12H21N5O3/c1-3-5-6-16(4-2)12(20)13-7-10-8-17(15-14-10)9-11(18)19/h8H,3-7,9H2,1-2H3,(H,13,20)(H,18,19). The highest BCUT2D eigenvalue weighted by atomic mass is 16.4. The Morgan fingerprint density at radius 2 is 2.20 bits per heavy atom. The Hall–Kier alpha value is -2.12. The van der Waals surface area contributed by atoms with Gasteiger partial charge in [-0.2, -0.15) is 0 Å². The SMILES string of the molecule is CCCCN(CC)C(=O)NCc1cn(CC(=O)O)nn1. The Bertz CT molecular complexity index is 446. The third-order valence-corrected chi connectivity index (χ3v) is 2.75. The fraction of sp³-hybridized carbons (Fsp3) is 0.667. The summed E-state index contributed by atoms with van der Waals surface area (Å²) in [7, 11) is 0. The van der Waals surface area contributed by atoms with E-state index in [1.807, 2.05) is 6.92 Å². The summed E-state index contributed by atoms with van der Waals surface area (Å²) in [5.41, 5.74) is 0.533. The van der Waals surface area contributed by atoms with Gasteiger partial charge in [0, 0.05) is 13.1 Å². The highest BCUT2D eigenvalue weighted by Crippen LogP contribution is 1.97. The Morgan fingerprint density at radius 3 is 2.80 bits per heavy atom. The van der Waals surface area contributed by atoms with Gasteiger partial charge in [0.1, 0.15) is 12.2 Å². The molecule has 1 aromatic rings. The first-order valence-corrected chi connectivity index (χ1v) is 6.70. The molecule has 0 fully saturated rings. The number of carboxylic acid groups (broad SMARTS) is 1.